The maximum absolute atomic E-state index is 12.3. The van der Waals surface area contributed by atoms with Gasteiger partial charge in [-0.1, -0.05) is 6.92 Å². The van der Waals surface area contributed by atoms with Crippen LogP contribution in [0.2, 0.25) is 0 Å². The van der Waals surface area contributed by atoms with Gasteiger partial charge in [-0.05, 0) is 34.5 Å². The molecule has 2 heterocycles. The number of thiophene rings is 1. The van der Waals surface area contributed by atoms with Crippen LogP contribution >= 0.6 is 27.3 Å². The van der Waals surface area contributed by atoms with Gasteiger partial charge < -0.3 is 4.90 Å². The molecule has 1 aliphatic heterocycles. The summed E-state index contributed by atoms with van der Waals surface area (Å²) < 4.78 is 0.840. The molecule has 3 amide bonds. The molecule has 7 heteroatoms. The predicted molar refractivity (Wildman–Crippen MR) is 70.3 cm³/mol. The Morgan fingerprint density at radius 1 is 1.56 bits per heavy atom. The van der Waals surface area contributed by atoms with Gasteiger partial charge in [-0.15, -0.1) is 11.3 Å². The molecule has 0 saturated carbocycles. The number of rotatable bonds is 2. The Morgan fingerprint density at radius 3 is 2.83 bits per heavy atom. The van der Waals surface area contributed by atoms with Gasteiger partial charge in [0.1, 0.15) is 12.6 Å². The minimum Gasteiger partial charge on any atom is -0.317 e. The lowest BCUT2D eigenvalue weighted by atomic mass is 10.1. The molecular formula is C11H11BrN2O3S. The fourth-order valence-corrected chi connectivity index (χ4v) is 3.20. The fourth-order valence-electron chi connectivity index (χ4n) is 1.86. The Balaban J connectivity index is 2.26. The van der Waals surface area contributed by atoms with Crippen LogP contribution in [0.4, 0.5) is 0 Å². The molecule has 1 fully saturated rings. The third-order valence-corrected chi connectivity index (χ3v) is 4.30. The van der Waals surface area contributed by atoms with Crippen LogP contribution in [0.25, 0.3) is 0 Å². The molecule has 1 aromatic rings. The third-order valence-electron chi connectivity index (χ3n) is 2.69. The van der Waals surface area contributed by atoms with Gasteiger partial charge in [0, 0.05) is 0 Å². The molecule has 1 unspecified atom stereocenters. The first-order chi connectivity index (χ1) is 8.52. The number of nitrogens with one attached hydrogen (secondary N) is 1. The zero-order chi connectivity index (χ0) is 13.3. The highest BCUT2D eigenvalue weighted by Crippen LogP contribution is 2.24. The Hall–Kier alpha value is -1.21. The van der Waals surface area contributed by atoms with Gasteiger partial charge in [0.25, 0.3) is 5.91 Å². The van der Waals surface area contributed by atoms with Crippen LogP contribution in [0.15, 0.2) is 15.9 Å². The van der Waals surface area contributed by atoms with Gasteiger partial charge in [-0.2, -0.15) is 0 Å². The molecule has 1 aliphatic rings. The summed E-state index contributed by atoms with van der Waals surface area (Å²) >= 11 is 4.57. The highest BCUT2D eigenvalue weighted by molar-refractivity contribution is 9.11. The number of nitrogens with zero attached hydrogens (tertiary/aromatic N) is 1. The molecule has 1 aromatic heterocycles. The van der Waals surface area contributed by atoms with Crippen molar-refractivity contribution in [3.63, 3.8) is 0 Å². The molecule has 18 heavy (non-hydrogen) atoms. The van der Waals surface area contributed by atoms with Gasteiger partial charge >= 0.3 is 0 Å². The maximum atomic E-state index is 12.3. The van der Waals surface area contributed by atoms with Crippen LogP contribution in [-0.4, -0.2) is 35.2 Å². The summed E-state index contributed by atoms with van der Waals surface area (Å²) in [5, 5.41) is 2.24. The van der Waals surface area contributed by atoms with Gasteiger partial charge in [0.2, 0.25) is 11.8 Å². The van der Waals surface area contributed by atoms with E-state index in [0.29, 0.717) is 11.3 Å². The molecule has 0 radical (unpaired) electrons. The van der Waals surface area contributed by atoms with Crippen LogP contribution in [0.1, 0.15) is 23.0 Å². The van der Waals surface area contributed by atoms with Crippen molar-refractivity contribution in [2.45, 2.75) is 19.4 Å². The van der Waals surface area contributed by atoms with E-state index in [4.69, 9.17) is 0 Å². The highest BCUT2D eigenvalue weighted by Gasteiger charge is 2.36. The standard InChI is InChI=1S/C11H11BrN2O3S/c1-2-6-10(16)13-9(15)5-14(6)11(17)7-3-4-8(12)18-7/h3-4,6H,2,5H2,1H3,(H,13,15,16). The van der Waals surface area contributed by atoms with Crippen LogP contribution in [0.5, 0.6) is 0 Å². The first-order valence-electron chi connectivity index (χ1n) is 5.43. The smallest absolute Gasteiger partial charge is 0.265 e. The largest absolute Gasteiger partial charge is 0.317 e. The zero-order valence-electron chi connectivity index (χ0n) is 9.60. The van der Waals surface area contributed by atoms with Gasteiger partial charge in [0.15, 0.2) is 0 Å². The summed E-state index contributed by atoms with van der Waals surface area (Å²) in [6, 6.07) is 2.88. The minimum atomic E-state index is -0.573. The van der Waals surface area contributed by atoms with E-state index in [0.717, 1.165) is 3.79 Å². The van der Waals surface area contributed by atoms with E-state index in [-0.39, 0.29) is 12.5 Å². The number of imide groups is 1. The van der Waals surface area contributed by atoms with E-state index < -0.39 is 17.9 Å². The van der Waals surface area contributed by atoms with Crippen molar-refractivity contribution >= 4 is 45.0 Å². The molecule has 0 aromatic carbocycles. The molecule has 1 N–H and O–H groups in total. The van der Waals surface area contributed by atoms with Crippen LogP contribution < -0.4 is 5.32 Å². The topological polar surface area (TPSA) is 66.5 Å². The average molecular weight is 331 g/mol. The second kappa shape index (κ2) is 5.19. The number of carbonyl (C=O) groups excluding carboxylic acids is 3. The Kier molecular flexibility index (Phi) is 3.82. The third kappa shape index (κ3) is 2.46. The molecule has 1 atom stereocenters. The second-order valence-electron chi connectivity index (χ2n) is 3.87. The van der Waals surface area contributed by atoms with E-state index in [2.05, 4.69) is 21.2 Å². The average Bonchev–Trinajstić information content (AvgIpc) is 2.74. The van der Waals surface area contributed by atoms with Crippen molar-refractivity contribution in [3.8, 4) is 0 Å². The molecule has 1 saturated heterocycles. The zero-order valence-corrected chi connectivity index (χ0v) is 12.0. The van der Waals surface area contributed by atoms with Crippen molar-refractivity contribution in [2.24, 2.45) is 0 Å². The number of carbonyl (C=O) groups is 3. The van der Waals surface area contributed by atoms with E-state index >= 15 is 0 Å². The lowest BCUT2D eigenvalue weighted by molar-refractivity contribution is -0.138. The van der Waals surface area contributed by atoms with Gasteiger partial charge in [0.05, 0.1) is 8.66 Å². The van der Waals surface area contributed by atoms with Crippen molar-refractivity contribution < 1.29 is 14.4 Å². The molecular weight excluding hydrogens is 320 g/mol. The molecule has 96 valence electrons. The van der Waals surface area contributed by atoms with E-state index in [1.807, 2.05) is 6.92 Å². The number of amides is 3. The summed E-state index contributed by atoms with van der Waals surface area (Å²) in [5.41, 5.74) is 0. The minimum absolute atomic E-state index is 0.0708. The number of hydrogen-bond donors (Lipinski definition) is 1. The first kappa shape index (κ1) is 13.2. The van der Waals surface area contributed by atoms with Crippen molar-refractivity contribution in [1.82, 2.24) is 10.2 Å². The molecule has 0 bridgehead atoms. The maximum Gasteiger partial charge on any atom is 0.265 e. The van der Waals surface area contributed by atoms with Crippen molar-refractivity contribution in [2.75, 3.05) is 6.54 Å². The summed E-state index contributed by atoms with van der Waals surface area (Å²) in [5.74, 6) is -1.12. The molecule has 5 nitrogen and oxygen atoms in total. The van der Waals surface area contributed by atoms with E-state index in [1.54, 1.807) is 12.1 Å². The quantitative estimate of drug-likeness (QED) is 0.833. The number of piperazine rings is 1. The monoisotopic (exact) mass is 330 g/mol. The summed E-state index contributed by atoms with van der Waals surface area (Å²) in [6.07, 6.45) is 0.484. The van der Waals surface area contributed by atoms with Crippen LogP contribution in [-0.2, 0) is 9.59 Å². The van der Waals surface area contributed by atoms with Crippen molar-refractivity contribution in [3.05, 3.63) is 20.8 Å². The van der Waals surface area contributed by atoms with Crippen LogP contribution in [0.3, 0.4) is 0 Å². The lowest BCUT2D eigenvalue weighted by Crippen LogP contribution is -2.59. The lowest BCUT2D eigenvalue weighted by Gasteiger charge is -2.33. The van der Waals surface area contributed by atoms with Gasteiger partial charge in [-0.3, -0.25) is 19.7 Å². The summed E-state index contributed by atoms with van der Waals surface area (Å²) in [6.45, 7) is 1.74. The Labute approximate surface area is 116 Å². The second-order valence-corrected chi connectivity index (χ2v) is 6.34. The number of halogens is 1. The fraction of sp³-hybridized carbons (Fsp3) is 0.364. The summed E-state index contributed by atoms with van der Waals surface area (Å²) in [4.78, 5) is 37.1. The Bertz CT molecular complexity index is 514. The normalized spacial score (nSPS) is 19.9. The van der Waals surface area contributed by atoms with E-state index in [1.165, 1.54) is 16.2 Å². The summed E-state index contributed by atoms with van der Waals surface area (Å²) in [7, 11) is 0. The molecule has 0 spiro atoms. The van der Waals surface area contributed by atoms with Crippen molar-refractivity contribution in [1.29, 1.82) is 0 Å². The van der Waals surface area contributed by atoms with Gasteiger partial charge in [-0.25, -0.2) is 0 Å². The number of hydrogen-bond acceptors (Lipinski definition) is 4. The molecule has 2 rings (SSSR count). The molecule has 0 aliphatic carbocycles. The van der Waals surface area contributed by atoms with Crippen LogP contribution in [0, 0.1) is 0 Å². The predicted octanol–water partition coefficient (Wildman–Crippen LogP) is 1.39. The first-order valence-corrected chi connectivity index (χ1v) is 7.04. The SMILES string of the molecule is CCC1C(=O)NC(=O)CN1C(=O)c1ccc(Br)s1. The van der Waals surface area contributed by atoms with E-state index in [9.17, 15) is 14.4 Å². The highest BCUT2D eigenvalue weighted by atomic mass is 79.9. The Morgan fingerprint density at radius 2 is 2.28 bits per heavy atom.